The Morgan fingerprint density at radius 2 is 2.04 bits per heavy atom. The van der Waals surface area contributed by atoms with E-state index in [1.807, 2.05) is 24.3 Å². The molecule has 1 fully saturated rings. The lowest BCUT2D eigenvalue weighted by Crippen LogP contribution is -2.39. The van der Waals surface area contributed by atoms with E-state index in [0.29, 0.717) is 24.5 Å². The Labute approximate surface area is 165 Å². The molecule has 1 aliphatic rings. The number of anilines is 1. The van der Waals surface area contributed by atoms with E-state index < -0.39 is 0 Å². The van der Waals surface area contributed by atoms with E-state index in [1.54, 1.807) is 13.2 Å². The molecule has 8 heteroatoms. The number of morpholine rings is 1. The molecule has 2 N–H and O–H groups in total. The van der Waals surface area contributed by atoms with Crippen molar-refractivity contribution in [1.29, 1.82) is 0 Å². The number of carbonyl (C=O) groups is 1. The van der Waals surface area contributed by atoms with Crippen LogP contribution in [0.2, 0.25) is 0 Å². The molecule has 0 bridgehead atoms. The van der Waals surface area contributed by atoms with Crippen LogP contribution >= 0.6 is 0 Å². The second-order valence-corrected chi connectivity index (χ2v) is 6.49. The fraction of sp³-hybridized carbons (Fsp3) is 0.450. The Bertz CT molecular complexity index is 765. The van der Waals surface area contributed by atoms with E-state index in [9.17, 15) is 4.79 Å². The van der Waals surface area contributed by atoms with Gasteiger partial charge in [0.15, 0.2) is 0 Å². The number of nitrogens with zero attached hydrogens (tertiary/aromatic N) is 3. The number of hydrogen-bond acceptors (Lipinski definition) is 7. The molecule has 0 unspecified atom stereocenters. The van der Waals surface area contributed by atoms with Gasteiger partial charge in [0.25, 0.3) is 5.91 Å². The zero-order valence-corrected chi connectivity index (χ0v) is 16.2. The predicted molar refractivity (Wildman–Crippen MR) is 107 cm³/mol. The van der Waals surface area contributed by atoms with E-state index in [0.717, 1.165) is 50.7 Å². The van der Waals surface area contributed by atoms with Crippen LogP contribution in [0.4, 0.5) is 5.82 Å². The van der Waals surface area contributed by atoms with Gasteiger partial charge in [-0.1, -0.05) is 18.2 Å². The minimum absolute atomic E-state index is 0.214. The van der Waals surface area contributed by atoms with E-state index in [2.05, 4.69) is 25.5 Å². The molecule has 28 heavy (non-hydrogen) atoms. The summed E-state index contributed by atoms with van der Waals surface area (Å²) in [5, 5.41) is 6.15. The quantitative estimate of drug-likeness (QED) is 0.671. The van der Waals surface area contributed by atoms with Crippen molar-refractivity contribution in [2.75, 3.05) is 58.4 Å². The van der Waals surface area contributed by atoms with Gasteiger partial charge in [-0.3, -0.25) is 9.69 Å². The zero-order chi connectivity index (χ0) is 19.6. The van der Waals surface area contributed by atoms with Crippen molar-refractivity contribution in [3.05, 3.63) is 47.9 Å². The van der Waals surface area contributed by atoms with Gasteiger partial charge in [0, 0.05) is 38.8 Å². The third kappa shape index (κ3) is 5.90. The fourth-order valence-corrected chi connectivity index (χ4v) is 3.06. The van der Waals surface area contributed by atoms with Crippen LogP contribution in [0, 0.1) is 0 Å². The SMILES string of the molecule is COc1ccccc1CCNC(=O)c1cc(NCCN2CCOCC2)ncn1. The van der Waals surface area contributed by atoms with Crippen molar-refractivity contribution in [1.82, 2.24) is 20.2 Å². The lowest BCUT2D eigenvalue weighted by molar-refractivity contribution is 0.0398. The highest BCUT2D eigenvalue weighted by Gasteiger charge is 2.11. The molecule has 1 amide bonds. The molecule has 1 aliphatic heterocycles. The lowest BCUT2D eigenvalue weighted by Gasteiger charge is -2.26. The smallest absolute Gasteiger partial charge is 0.270 e. The number of rotatable bonds is 9. The Morgan fingerprint density at radius 1 is 1.21 bits per heavy atom. The van der Waals surface area contributed by atoms with Crippen molar-refractivity contribution < 1.29 is 14.3 Å². The number of benzene rings is 1. The molecule has 0 atom stereocenters. The van der Waals surface area contributed by atoms with Crippen molar-refractivity contribution in [3.8, 4) is 5.75 Å². The molecule has 1 saturated heterocycles. The third-order valence-electron chi connectivity index (χ3n) is 4.61. The number of nitrogens with one attached hydrogen (secondary N) is 2. The lowest BCUT2D eigenvalue weighted by atomic mass is 10.1. The van der Waals surface area contributed by atoms with Crippen molar-refractivity contribution in [3.63, 3.8) is 0 Å². The predicted octanol–water partition coefficient (Wildman–Crippen LogP) is 1.20. The fourth-order valence-electron chi connectivity index (χ4n) is 3.06. The van der Waals surface area contributed by atoms with Gasteiger partial charge < -0.3 is 20.1 Å². The van der Waals surface area contributed by atoms with Gasteiger partial charge in [-0.25, -0.2) is 9.97 Å². The molecular weight excluding hydrogens is 358 g/mol. The maximum absolute atomic E-state index is 12.4. The van der Waals surface area contributed by atoms with Crippen LogP contribution in [0.5, 0.6) is 5.75 Å². The summed E-state index contributed by atoms with van der Waals surface area (Å²) in [6.07, 6.45) is 2.09. The molecule has 0 aliphatic carbocycles. The minimum atomic E-state index is -0.214. The molecule has 1 aromatic heterocycles. The second-order valence-electron chi connectivity index (χ2n) is 6.49. The van der Waals surface area contributed by atoms with Crippen LogP contribution < -0.4 is 15.4 Å². The van der Waals surface area contributed by atoms with Gasteiger partial charge in [-0.05, 0) is 18.1 Å². The van der Waals surface area contributed by atoms with Gasteiger partial charge in [-0.15, -0.1) is 0 Å². The van der Waals surface area contributed by atoms with E-state index in [4.69, 9.17) is 9.47 Å². The summed E-state index contributed by atoms with van der Waals surface area (Å²) in [6.45, 7) is 5.64. The molecule has 8 nitrogen and oxygen atoms in total. The average molecular weight is 385 g/mol. The highest BCUT2D eigenvalue weighted by atomic mass is 16.5. The normalized spacial score (nSPS) is 14.5. The van der Waals surface area contributed by atoms with Crippen LogP contribution in [0.1, 0.15) is 16.1 Å². The molecule has 2 aromatic rings. The van der Waals surface area contributed by atoms with Crippen molar-refractivity contribution in [2.24, 2.45) is 0 Å². The Hall–Kier alpha value is -2.71. The molecule has 0 saturated carbocycles. The first-order chi connectivity index (χ1) is 13.8. The van der Waals surface area contributed by atoms with Crippen LogP contribution in [-0.4, -0.2) is 73.8 Å². The number of amides is 1. The number of para-hydroxylation sites is 1. The zero-order valence-electron chi connectivity index (χ0n) is 16.2. The van der Waals surface area contributed by atoms with Crippen LogP contribution in [0.25, 0.3) is 0 Å². The van der Waals surface area contributed by atoms with E-state index in [1.165, 1.54) is 6.33 Å². The first-order valence-electron chi connectivity index (χ1n) is 9.52. The maximum Gasteiger partial charge on any atom is 0.270 e. The largest absolute Gasteiger partial charge is 0.496 e. The highest BCUT2D eigenvalue weighted by Crippen LogP contribution is 2.17. The average Bonchev–Trinajstić information content (AvgIpc) is 2.75. The Balaban J connectivity index is 1.45. The molecule has 2 heterocycles. The summed E-state index contributed by atoms with van der Waals surface area (Å²) in [7, 11) is 1.64. The monoisotopic (exact) mass is 385 g/mol. The van der Waals surface area contributed by atoms with Gasteiger partial charge in [0.05, 0.1) is 20.3 Å². The summed E-state index contributed by atoms with van der Waals surface area (Å²) in [5.74, 6) is 1.26. The summed E-state index contributed by atoms with van der Waals surface area (Å²) >= 11 is 0. The minimum Gasteiger partial charge on any atom is -0.496 e. The standard InChI is InChI=1S/C20H27N5O3/c1-27-18-5-3-2-4-16(18)6-7-22-20(26)17-14-19(24-15-23-17)21-8-9-25-10-12-28-13-11-25/h2-5,14-15H,6-13H2,1H3,(H,22,26)(H,21,23,24). The Kier molecular flexibility index (Phi) is 7.57. The van der Waals surface area contributed by atoms with Crippen LogP contribution in [0.3, 0.4) is 0 Å². The highest BCUT2D eigenvalue weighted by molar-refractivity contribution is 5.92. The van der Waals surface area contributed by atoms with Crippen LogP contribution in [-0.2, 0) is 11.2 Å². The number of ether oxygens (including phenoxy) is 2. The van der Waals surface area contributed by atoms with Gasteiger partial charge in [0.2, 0.25) is 0 Å². The van der Waals surface area contributed by atoms with Gasteiger partial charge in [0.1, 0.15) is 23.6 Å². The molecule has 1 aromatic carbocycles. The molecular formula is C20H27N5O3. The molecule has 3 rings (SSSR count). The topological polar surface area (TPSA) is 88.6 Å². The number of methoxy groups -OCH3 is 1. The number of aromatic nitrogens is 2. The van der Waals surface area contributed by atoms with Crippen molar-refractivity contribution >= 4 is 11.7 Å². The third-order valence-corrected chi connectivity index (χ3v) is 4.61. The summed E-state index contributed by atoms with van der Waals surface area (Å²) in [4.78, 5) is 23.0. The molecule has 150 valence electrons. The first kappa shape index (κ1) is 20.0. The number of hydrogen-bond donors (Lipinski definition) is 2. The molecule has 0 spiro atoms. The van der Waals surface area contributed by atoms with Gasteiger partial charge >= 0.3 is 0 Å². The first-order valence-corrected chi connectivity index (χ1v) is 9.52. The van der Waals surface area contributed by atoms with Crippen molar-refractivity contribution in [2.45, 2.75) is 6.42 Å². The number of carbonyl (C=O) groups excluding carboxylic acids is 1. The maximum atomic E-state index is 12.4. The van der Waals surface area contributed by atoms with Crippen LogP contribution in [0.15, 0.2) is 36.7 Å². The molecule has 0 radical (unpaired) electrons. The Morgan fingerprint density at radius 3 is 2.86 bits per heavy atom. The summed E-state index contributed by atoms with van der Waals surface area (Å²) in [6, 6.07) is 9.47. The van der Waals surface area contributed by atoms with E-state index >= 15 is 0 Å². The van der Waals surface area contributed by atoms with E-state index in [-0.39, 0.29) is 5.91 Å². The summed E-state index contributed by atoms with van der Waals surface area (Å²) < 4.78 is 10.7. The summed E-state index contributed by atoms with van der Waals surface area (Å²) in [5.41, 5.74) is 1.40. The van der Waals surface area contributed by atoms with Gasteiger partial charge in [-0.2, -0.15) is 0 Å². The second kappa shape index (κ2) is 10.6.